The standard InChI is InChI=1S/C28H24N2O5S/c1-35-28(32)23-9-8-10-24(19-23)29-27(31)22-17-15-21(16-18-22)20-30(25-11-4-2-5-12-25)36(33,34)26-13-6-3-7-14-26/h2-19H,20H2,1H3,(H,29,31). The zero-order chi connectivity index (χ0) is 25.5. The Morgan fingerprint density at radius 1 is 0.778 bits per heavy atom. The van der Waals surface area contributed by atoms with Crippen molar-refractivity contribution in [2.75, 3.05) is 16.7 Å². The van der Waals surface area contributed by atoms with E-state index in [1.54, 1.807) is 97.1 Å². The minimum absolute atomic E-state index is 0.0876. The van der Waals surface area contributed by atoms with E-state index in [2.05, 4.69) is 5.32 Å². The largest absolute Gasteiger partial charge is 0.465 e. The van der Waals surface area contributed by atoms with Crippen molar-refractivity contribution in [3.63, 3.8) is 0 Å². The summed E-state index contributed by atoms with van der Waals surface area (Å²) < 4.78 is 32.9. The molecule has 0 saturated carbocycles. The van der Waals surface area contributed by atoms with Crippen LogP contribution in [0, 0.1) is 0 Å². The smallest absolute Gasteiger partial charge is 0.337 e. The molecule has 4 aromatic rings. The minimum Gasteiger partial charge on any atom is -0.465 e. The van der Waals surface area contributed by atoms with Crippen molar-refractivity contribution >= 4 is 33.3 Å². The van der Waals surface area contributed by atoms with Crippen molar-refractivity contribution in [2.45, 2.75) is 11.4 Å². The Morgan fingerprint density at radius 2 is 1.42 bits per heavy atom. The molecule has 4 rings (SSSR count). The highest BCUT2D eigenvalue weighted by atomic mass is 32.2. The van der Waals surface area contributed by atoms with Crippen LogP contribution in [-0.4, -0.2) is 27.4 Å². The highest BCUT2D eigenvalue weighted by Crippen LogP contribution is 2.26. The number of sulfonamides is 1. The molecule has 0 atom stereocenters. The first-order valence-electron chi connectivity index (χ1n) is 11.1. The summed E-state index contributed by atoms with van der Waals surface area (Å²) in [5.41, 5.74) is 2.41. The molecule has 0 unspecified atom stereocenters. The molecule has 0 aliphatic heterocycles. The van der Waals surface area contributed by atoms with Gasteiger partial charge in [-0.15, -0.1) is 0 Å². The maximum absolute atomic E-state index is 13.4. The molecule has 1 amide bonds. The molecule has 0 aliphatic rings. The maximum atomic E-state index is 13.4. The average Bonchev–Trinajstić information content (AvgIpc) is 2.92. The van der Waals surface area contributed by atoms with Gasteiger partial charge >= 0.3 is 5.97 Å². The number of carbonyl (C=O) groups excluding carboxylic acids is 2. The van der Waals surface area contributed by atoms with Gasteiger partial charge in [-0.05, 0) is 60.2 Å². The van der Waals surface area contributed by atoms with E-state index >= 15 is 0 Å². The molecule has 0 aliphatic carbocycles. The summed E-state index contributed by atoms with van der Waals surface area (Å²) in [6.45, 7) is 0.0876. The summed E-state index contributed by atoms with van der Waals surface area (Å²) in [6, 6.07) is 30.3. The van der Waals surface area contributed by atoms with E-state index in [4.69, 9.17) is 4.74 Å². The van der Waals surface area contributed by atoms with E-state index in [-0.39, 0.29) is 17.3 Å². The van der Waals surface area contributed by atoms with Crippen LogP contribution < -0.4 is 9.62 Å². The fraction of sp³-hybridized carbons (Fsp3) is 0.0714. The number of nitrogens with one attached hydrogen (secondary N) is 1. The minimum atomic E-state index is -3.82. The lowest BCUT2D eigenvalue weighted by Crippen LogP contribution is -2.30. The molecule has 182 valence electrons. The monoisotopic (exact) mass is 500 g/mol. The Bertz CT molecular complexity index is 1460. The number of carbonyl (C=O) groups is 2. The van der Waals surface area contributed by atoms with Gasteiger partial charge in [-0.2, -0.15) is 0 Å². The highest BCUT2D eigenvalue weighted by molar-refractivity contribution is 7.92. The summed E-state index contributed by atoms with van der Waals surface area (Å²) >= 11 is 0. The summed E-state index contributed by atoms with van der Waals surface area (Å²) in [6.07, 6.45) is 0. The van der Waals surface area contributed by atoms with Crippen molar-refractivity contribution in [2.24, 2.45) is 0 Å². The molecule has 1 N–H and O–H groups in total. The van der Waals surface area contributed by atoms with Gasteiger partial charge in [0, 0.05) is 11.3 Å². The number of methoxy groups -OCH3 is 1. The molecule has 0 heterocycles. The number of rotatable bonds is 8. The van der Waals surface area contributed by atoms with E-state index in [0.29, 0.717) is 28.1 Å². The van der Waals surface area contributed by atoms with Crippen molar-refractivity contribution in [1.82, 2.24) is 0 Å². The molecule has 0 radical (unpaired) electrons. The number of nitrogens with zero attached hydrogens (tertiary/aromatic N) is 1. The molecule has 0 saturated heterocycles. The van der Waals surface area contributed by atoms with Crippen molar-refractivity contribution in [3.05, 3.63) is 126 Å². The average molecular weight is 501 g/mol. The number of amides is 1. The SMILES string of the molecule is COC(=O)c1cccc(NC(=O)c2ccc(CN(c3ccccc3)S(=O)(=O)c3ccccc3)cc2)c1. The lowest BCUT2D eigenvalue weighted by atomic mass is 10.1. The highest BCUT2D eigenvalue weighted by Gasteiger charge is 2.25. The molecule has 0 fully saturated rings. The third-order valence-corrected chi connectivity index (χ3v) is 7.25. The molecule has 0 bridgehead atoms. The number of hydrogen-bond donors (Lipinski definition) is 1. The Labute approximate surface area is 210 Å². The lowest BCUT2D eigenvalue weighted by Gasteiger charge is -2.25. The second-order valence-corrected chi connectivity index (χ2v) is 9.75. The summed E-state index contributed by atoms with van der Waals surface area (Å²) in [5, 5.41) is 2.76. The number of ether oxygens (including phenoxy) is 1. The van der Waals surface area contributed by atoms with Crippen LogP contribution in [0.25, 0.3) is 0 Å². The van der Waals surface area contributed by atoms with Gasteiger partial charge in [0.2, 0.25) is 0 Å². The number of para-hydroxylation sites is 1. The quantitative estimate of drug-likeness (QED) is 0.339. The number of hydrogen-bond acceptors (Lipinski definition) is 5. The van der Waals surface area contributed by atoms with E-state index in [1.807, 2.05) is 6.07 Å². The first-order chi connectivity index (χ1) is 17.4. The van der Waals surface area contributed by atoms with Gasteiger partial charge in [-0.25, -0.2) is 13.2 Å². The maximum Gasteiger partial charge on any atom is 0.337 e. The van der Waals surface area contributed by atoms with Crippen LogP contribution in [0.1, 0.15) is 26.3 Å². The van der Waals surface area contributed by atoms with Crippen LogP contribution in [0.5, 0.6) is 0 Å². The van der Waals surface area contributed by atoms with Crippen LogP contribution in [0.4, 0.5) is 11.4 Å². The second kappa shape index (κ2) is 10.9. The summed E-state index contributed by atoms with van der Waals surface area (Å²) in [5.74, 6) is -0.857. The second-order valence-electron chi connectivity index (χ2n) is 7.88. The van der Waals surface area contributed by atoms with Crippen LogP contribution in [0.3, 0.4) is 0 Å². The van der Waals surface area contributed by atoms with Crippen molar-refractivity contribution < 1.29 is 22.7 Å². The summed E-state index contributed by atoms with van der Waals surface area (Å²) in [4.78, 5) is 24.7. The molecule has 36 heavy (non-hydrogen) atoms. The van der Waals surface area contributed by atoms with E-state index in [1.165, 1.54) is 17.5 Å². The Kier molecular flexibility index (Phi) is 7.46. The van der Waals surface area contributed by atoms with E-state index in [9.17, 15) is 18.0 Å². The lowest BCUT2D eigenvalue weighted by molar-refractivity contribution is 0.0600. The van der Waals surface area contributed by atoms with Crippen molar-refractivity contribution in [3.8, 4) is 0 Å². The molecular weight excluding hydrogens is 476 g/mol. The summed E-state index contributed by atoms with van der Waals surface area (Å²) in [7, 11) is -2.53. The molecule has 7 nitrogen and oxygen atoms in total. The third-order valence-electron chi connectivity index (χ3n) is 5.46. The normalized spacial score (nSPS) is 10.9. The topological polar surface area (TPSA) is 92.8 Å². The predicted molar refractivity (Wildman–Crippen MR) is 138 cm³/mol. The van der Waals surface area contributed by atoms with Crippen molar-refractivity contribution in [1.29, 1.82) is 0 Å². The van der Waals surface area contributed by atoms with E-state index < -0.39 is 16.0 Å². The van der Waals surface area contributed by atoms with Gasteiger partial charge in [0.25, 0.3) is 15.9 Å². The first-order valence-corrected chi connectivity index (χ1v) is 12.5. The van der Waals surface area contributed by atoms with Gasteiger partial charge in [0.1, 0.15) is 0 Å². The molecule has 4 aromatic carbocycles. The van der Waals surface area contributed by atoms with E-state index in [0.717, 1.165) is 0 Å². The zero-order valence-electron chi connectivity index (χ0n) is 19.5. The number of anilines is 2. The number of esters is 1. The predicted octanol–water partition coefficient (Wildman–Crippen LogP) is 5.12. The van der Waals surface area contributed by atoms with Gasteiger partial charge in [-0.3, -0.25) is 9.10 Å². The zero-order valence-corrected chi connectivity index (χ0v) is 20.3. The van der Waals surface area contributed by atoms with Crippen LogP contribution in [0.2, 0.25) is 0 Å². The van der Waals surface area contributed by atoms with Gasteiger partial charge in [0.15, 0.2) is 0 Å². The van der Waals surface area contributed by atoms with Crippen LogP contribution in [0.15, 0.2) is 114 Å². The first kappa shape index (κ1) is 24.7. The van der Waals surface area contributed by atoms with Gasteiger partial charge < -0.3 is 10.1 Å². The Hall–Kier alpha value is -4.43. The molecular formula is C28H24N2O5S. The molecule has 8 heteroatoms. The van der Waals surface area contributed by atoms with Crippen LogP contribution >= 0.6 is 0 Å². The van der Waals surface area contributed by atoms with Gasteiger partial charge in [0.05, 0.1) is 29.8 Å². The molecule has 0 spiro atoms. The Morgan fingerprint density at radius 3 is 2.06 bits per heavy atom. The Balaban J connectivity index is 1.54. The van der Waals surface area contributed by atoms with Gasteiger partial charge in [-0.1, -0.05) is 54.6 Å². The third kappa shape index (κ3) is 5.61. The fourth-order valence-corrected chi connectivity index (χ4v) is 5.08. The fourth-order valence-electron chi connectivity index (χ4n) is 3.60. The molecule has 0 aromatic heterocycles. The van der Waals surface area contributed by atoms with Crippen LogP contribution in [-0.2, 0) is 21.3 Å². The number of benzene rings is 4.